The molecule has 0 aliphatic rings. The first-order chi connectivity index (χ1) is 11.8. The first kappa shape index (κ1) is 15.8. The molecule has 0 atom stereocenters. The molecule has 0 unspecified atom stereocenters. The maximum Gasteiger partial charge on any atom is 0.360 e. The highest BCUT2D eigenvalue weighted by Crippen LogP contribution is 2.16. The fraction of sp³-hybridized carbons (Fsp3) is 0.235. The zero-order valence-corrected chi connectivity index (χ0v) is 13.3. The topological polar surface area (TPSA) is 82.8 Å². The van der Waals surface area contributed by atoms with Gasteiger partial charge >= 0.3 is 5.97 Å². The Morgan fingerprint density at radius 2 is 1.92 bits per heavy atom. The van der Waals surface area contributed by atoms with Crippen molar-refractivity contribution in [1.82, 2.24) is 25.2 Å². The second kappa shape index (κ2) is 7.45. The maximum absolute atomic E-state index is 11.8. The van der Waals surface area contributed by atoms with Crippen molar-refractivity contribution in [3.05, 3.63) is 54.4 Å². The fourth-order valence-corrected chi connectivity index (χ4v) is 2.06. The molecular formula is C17H17N5O2. The van der Waals surface area contributed by atoms with Crippen molar-refractivity contribution in [2.75, 3.05) is 6.61 Å². The van der Waals surface area contributed by atoms with E-state index in [0.29, 0.717) is 12.4 Å². The SMILES string of the molecule is CCCCOC(=O)c1cn(-c2ccc(-c3ccccc3)nn2)nn1. The molecule has 0 radical (unpaired) electrons. The van der Waals surface area contributed by atoms with E-state index in [4.69, 9.17) is 4.74 Å². The molecule has 0 saturated carbocycles. The molecule has 0 N–H and O–H groups in total. The van der Waals surface area contributed by atoms with Gasteiger partial charge in [0.25, 0.3) is 0 Å². The van der Waals surface area contributed by atoms with E-state index in [1.807, 2.05) is 43.3 Å². The maximum atomic E-state index is 11.8. The van der Waals surface area contributed by atoms with Gasteiger partial charge in [-0.2, -0.15) is 4.68 Å². The third-order valence-corrected chi connectivity index (χ3v) is 3.39. The lowest BCUT2D eigenvalue weighted by atomic mass is 10.1. The van der Waals surface area contributed by atoms with Crippen molar-refractivity contribution in [2.24, 2.45) is 0 Å². The zero-order valence-electron chi connectivity index (χ0n) is 13.3. The van der Waals surface area contributed by atoms with Gasteiger partial charge in [-0.15, -0.1) is 15.3 Å². The van der Waals surface area contributed by atoms with Gasteiger partial charge in [0.1, 0.15) is 0 Å². The Labute approximate surface area is 139 Å². The van der Waals surface area contributed by atoms with Crippen molar-refractivity contribution in [2.45, 2.75) is 19.8 Å². The van der Waals surface area contributed by atoms with Crippen LogP contribution in [0.25, 0.3) is 17.1 Å². The first-order valence-electron chi connectivity index (χ1n) is 7.77. The van der Waals surface area contributed by atoms with Crippen LogP contribution in [0.2, 0.25) is 0 Å². The van der Waals surface area contributed by atoms with Crippen LogP contribution in [-0.4, -0.2) is 37.8 Å². The number of aromatic nitrogens is 5. The molecule has 3 rings (SSSR count). The predicted molar refractivity (Wildman–Crippen MR) is 87.6 cm³/mol. The molecule has 122 valence electrons. The minimum Gasteiger partial charge on any atom is -0.461 e. The number of carbonyl (C=O) groups excluding carboxylic acids is 1. The van der Waals surface area contributed by atoms with E-state index < -0.39 is 5.97 Å². The van der Waals surface area contributed by atoms with Crippen LogP contribution in [0.3, 0.4) is 0 Å². The van der Waals surface area contributed by atoms with Crippen LogP contribution in [0.1, 0.15) is 30.3 Å². The van der Waals surface area contributed by atoms with E-state index in [9.17, 15) is 4.79 Å². The van der Waals surface area contributed by atoms with E-state index in [0.717, 1.165) is 24.1 Å². The predicted octanol–water partition coefficient (Wildman–Crippen LogP) is 2.68. The molecule has 0 fully saturated rings. The number of nitrogens with zero attached hydrogens (tertiary/aromatic N) is 5. The van der Waals surface area contributed by atoms with Crippen molar-refractivity contribution < 1.29 is 9.53 Å². The summed E-state index contributed by atoms with van der Waals surface area (Å²) >= 11 is 0. The molecule has 2 aromatic heterocycles. The van der Waals surface area contributed by atoms with Gasteiger partial charge in [0.2, 0.25) is 0 Å². The first-order valence-corrected chi connectivity index (χ1v) is 7.77. The average Bonchev–Trinajstić information content (AvgIpc) is 3.13. The molecule has 0 bridgehead atoms. The third-order valence-electron chi connectivity index (χ3n) is 3.39. The number of hydrogen-bond donors (Lipinski definition) is 0. The Morgan fingerprint density at radius 1 is 1.08 bits per heavy atom. The second-order valence-electron chi connectivity index (χ2n) is 5.18. The average molecular weight is 323 g/mol. The normalized spacial score (nSPS) is 10.5. The Morgan fingerprint density at radius 3 is 2.62 bits per heavy atom. The van der Waals surface area contributed by atoms with Crippen LogP contribution in [0.4, 0.5) is 0 Å². The standard InChI is InChI=1S/C17H17N5O2/c1-2-3-11-24-17(23)15-12-22(21-19-15)16-10-9-14(18-20-16)13-7-5-4-6-8-13/h4-10,12H,2-3,11H2,1H3. The molecule has 7 heteroatoms. The summed E-state index contributed by atoms with van der Waals surface area (Å²) in [5.74, 6) is -0.00152. The summed E-state index contributed by atoms with van der Waals surface area (Å²) in [6.45, 7) is 2.41. The van der Waals surface area contributed by atoms with Crippen LogP contribution >= 0.6 is 0 Å². The lowest BCUT2D eigenvalue weighted by Crippen LogP contribution is -2.06. The second-order valence-corrected chi connectivity index (χ2v) is 5.18. The number of carbonyl (C=O) groups is 1. The Hall–Kier alpha value is -3.09. The highest BCUT2D eigenvalue weighted by molar-refractivity contribution is 5.86. The van der Waals surface area contributed by atoms with E-state index in [2.05, 4.69) is 20.5 Å². The summed E-state index contributed by atoms with van der Waals surface area (Å²) < 4.78 is 6.50. The van der Waals surface area contributed by atoms with Crippen molar-refractivity contribution in [3.8, 4) is 17.1 Å². The lowest BCUT2D eigenvalue weighted by Gasteiger charge is -2.01. The fourth-order valence-electron chi connectivity index (χ4n) is 2.06. The van der Waals surface area contributed by atoms with Crippen LogP contribution in [0.15, 0.2) is 48.7 Å². The summed E-state index contributed by atoms with van der Waals surface area (Å²) in [5.41, 5.74) is 1.90. The smallest absolute Gasteiger partial charge is 0.360 e. The summed E-state index contributed by atoms with van der Waals surface area (Å²) in [6, 6.07) is 13.4. The molecule has 7 nitrogen and oxygen atoms in total. The minimum atomic E-state index is -0.483. The van der Waals surface area contributed by atoms with Crippen molar-refractivity contribution >= 4 is 5.97 Å². The number of benzene rings is 1. The summed E-state index contributed by atoms with van der Waals surface area (Å²) in [6.07, 6.45) is 3.27. The van der Waals surface area contributed by atoms with Gasteiger partial charge < -0.3 is 4.74 Å². The van der Waals surface area contributed by atoms with Crippen LogP contribution < -0.4 is 0 Å². The molecule has 24 heavy (non-hydrogen) atoms. The molecule has 0 spiro atoms. The highest BCUT2D eigenvalue weighted by Gasteiger charge is 2.13. The largest absolute Gasteiger partial charge is 0.461 e. The van der Waals surface area contributed by atoms with Gasteiger partial charge in [0.15, 0.2) is 11.5 Å². The number of hydrogen-bond acceptors (Lipinski definition) is 6. The van der Waals surface area contributed by atoms with Gasteiger partial charge in [-0.05, 0) is 18.6 Å². The summed E-state index contributed by atoms with van der Waals surface area (Å²) in [5, 5.41) is 16.0. The van der Waals surface area contributed by atoms with Gasteiger partial charge in [-0.1, -0.05) is 48.9 Å². The van der Waals surface area contributed by atoms with Crippen molar-refractivity contribution in [3.63, 3.8) is 0 Å². The monoisotopic (exact) mass is 323 g/mol. The highest BCUT2D eigenvalue weighted by atomic mass is 16.5. The zero-order chi connectivity index (χ0) is 16.8. The molecule has 0 saturated heterocycles. The molecule has 1 aromatic carbocycles. The van der Waals surface area contributed by atoms with E-state index in [1.165, 1.54) is 10.9 Å². The van der Waals surface area contributed by atoms with Crippen LogP contribution in [-0.2, 0) is 4.74 Å². The van der Waals surface area contributed by atoms with Crippen LogP contribution in [0.5, 0.6) is 0 Å². The van der Waals surface area contributed by atoms with Crippen LogP contribution in [0, 0.1) is 0 Å². The van der Waals surface area contributed by atoms with Crippen molar-refractivity contribution in [1.29, 1.82) is 0 Å². The molecule has 0 aliphatic carbocycles. The van der Waals surface area contributed by atoms with E-state index >= 15 is 0 Å². The third kappa shape index (κ3) is 3.62. The van der Waals surface area contributed by atoms with E-state index in [-0.39, 0.29) is 5.69 Å². The number of rotatable bonds is 6. The molecule has 0 aliphatic heterocycles. The number of ether oxygens (including phenoxy) is 1. The Bertz CT molecular complexity index is 799. The minimum absolute atomic E-state index is 0.153. The lowest BCUT2D eigenvalue weighted by molar-refractivity contribution is 0.0492. The van der Waals surface area contributed by atoms with Gasteiger partial charge in [0, 0.05) is 5.56 Å². The number of unbranched alkanes of at least 4 members (excludes halogenated alkanes) is 1. The molecule has 0 amide bonds. The summed E-state index contributed by atoms with van der Waals surface area (Å²) in [7, 11) is 0. The molecule has 2 heterocycles. The van der Waals surface area contributed by atoms with Gasteiger partial charge in [-0.3, -0.25) is 0 Å². The van der Waals surface area contributed by atoms with Gasteiger partial charge in [0.05, 0.1) is 18.5 Å². The molecular weight excluding hydrogens is 306 g/mol. The summed E-state index contributed by atoms with van der Waals surface area (Å²) in [4.78, 5) is 11.8. The quantitative estimate of drug-likeness (QED) is 0.512. The Kier molecular flexibility index (Phi) is 4.90. The van der Waals surface area contributed by atoms with Gasteiger partial charge in [-0.25, -0.2) is 4.79 Å². The molecule has 3 aromatic rings. The number of esters is 1. The van der Waals surface area contributed by atoms with E-state index in [1.54, 1.807) is 6.07 Å². The Balaban J connectivity index is 1.72.